The molecule has 1 radical (unpaired) electrons. The van der Waals surface area contributed by atoms with Crippen molar-refractivity contribution >= 4 is 0 Å². The molecule has 57 valence electrons. The number of hydroxylamine groups is 1. The fraction of sp³-hybridized carbons (Fsp3) is 0.500. The summed E-state index contributed by atoms with van der Waals surface area (Å²) in [6.07, 6.45) is -3.76. The third kappa shape index (κ3) is 2.14. The Kier molecular flexibility index (Phi) is 1.71. The van der Waals surface area contributed by atoms with E-state index < -0.39 is 6.36 Å². The molecule has 0 saturated carbocycles. The highest BCUT2D eigenvalue weighted by atomic mass is 19.4. The van der Waals surface area contributed by atoms with E-state index in [2.05, 4.69) is 15.1 Å². The Morgan fingerprint density at radius 2 is 2.30 bits per heavy atom. The molecule has 0 unspecified atom stereocenters. The highest BCUT2D eigenvalue weighted by Gasteiger charge is 2.33. The Labute approximate surface area is 54.4 Å². The van der Waals surface area contributed by atoms with Crippen LogP contribution in [0.25, 0.3) is 0 Å². The molecule has 0 atom stereocenters. The molecule has 6 heteroatoms. The summed E-state index contributed by atoms with van der Waals surface area (Å²) < 4.78 is 37.5. The Bertz CT molecular complexity index is 153. The van der Waals surface area contributed by atoms with Crippen molar-refractivity contribution in [2.24, 2.45) is 0 Å². The van der Waals surface area contributed by atoms with Gasteiger partial charge in [0.2, 0.25) is 0 Å². The highest BCUT2D eigenvalue weighted by molar-refractivity contribution is 4.93. The van der Waals surface area contributed by atoms with E-state index in [0.29, 0.717) is 0 Å². The van der Waals surface area contributed by atoms with Crippen LogP contribution in [0.4, 0.5) is 13.2 Å². The highest BCUT2D eigenvalue weighted by Crippen LogP contribution is 2.21. The van der Waals surface area contributed by atoms with Crippen molar-refractivity contribution < 1.29 is 22.7 Å². The van der Waals surface area contributed by atoms with Crippen molar-refractivity contribution in [3.05, 3.63) is 12.0 Å². The molecule has 1 aliphatic rings. The number of ether oxygens (including phenoxy) is 1. The van der Waals surface area contributed by atoms with Gasteiger partial charge in [-0.25, -0.2) is 4.84 Å². The molecular weight excluding hydrogens is 151 g/mol. The molecule has 1 heterocycles. The number of hydrogen-bond donors (Lipinski definition) is 0. The lowest BCUT2D eigenvalue weighted by atomic mass is 10.6. The molecule has 0 spiro atoms. The number of halogens is 3. The van der Waals surface area contributed by atoms with Gasteiger partial charge in [-0.15, -0.1) is 18.7 Å². The predicted molar refractivity (Wildman–Crippen MR) is 23.3 cm³/mol. The van der Waals surface area contributed by atoms with Crippen LogP contribution in [-0.4, -0.2) is 13.0 Å². The van der Waals surface area contributed by atoms with E-state index in [4.69, 9.17) is 0 Å². The summed E-state index contributed by atoms with van der Waals surface area (Å²) in [5, 5.41) is 0. The lowest BCUT2D eigenvalue weighted by Gasteiger charge is -2.06. The quantitative estimate of drug-likeness (QED) is 0.562. The van der Waals surface area contributed by atoms with Gasteiger partial charge in [-0.2, -0.15) is 0 Å². The Morgan fingerprint density at radius 3 is 2.70 bits per heavy atom. The maximum Gasteiger partial charge on any atom is 0.572 e. The summed E-state index contributed by atoms with van der Waals surface area (Å²) in [6.45, 7) is -0.250. The van der Waals surface area contributed by atoms with E-state index in [-0.39, 0.29) is 12.4 Å². The van der Waals surface area contributed by atoms with E-state index in [9.17, 15) is 13.2 Å². The predicted octanol–water partition coefficient (Wildman–Crippen LogP) is 0.914. The maximum absolute atomic E-state index is 11.3. The average Bonchev–Trinajstić information content (AvgIpc) is 2.12. The van der Waals surface area contributed by atoms with Gasteiger partial charge in [0.15, 0.2) is 5.76 Å². The topological polar surface area (TPSA) is 32.6 Å². The standard InChI is InChI=1S/C4H3F3NO2/c5-4(6,7)10-3-1-8-9-2-3/h1H,2H2. The van der Waals surface area contributed by atoms with Gasteiger partial charge >= 0.3 is 6.36 Å². The second kappa shape index (κ2) is 2.37. The first kappa shape index (κ1) is 7.20. The minimum absolute atomic E-state index is 0.250. The zero-order chi connectivity index (χ0) is 7.61. The monoisotopic (exact) mass is 154 g/mol. The third-order valence-electron chi connectivity index (χ3n) is 0.725. The largest absolute Gasteiger partial charge is 0.572 e. The Balaban J connectivity index is 2.38. The summed E-state index contributed by atoms with van der Waals surface area (Å²) in [5.74, 6) is -0.326. The van der Waals surface area contributed by atoms with Crippen LogP contribution >= 0.6 is 0 Å². The summed E-state index contributed by atoms with van der Waals surface area (Å²) in [5.41, 5.74) is 3.06. The molecule has 0 saturated heterocycles. The van der Waals surface area contributed by atoms with Gasteiger partial charge in [-0.3, -0.25) is 0 Å². The fourth-order valence-corrected chi connectivity index (χ4v) is 0.439. The van der Waals surface area contributed by atoms with Gasteiger partial charge < -0.3 is 4.74 Å². The lowest BCUT2D eigenvalue weighted by molar-refractivity contribution is -0.306. The molecule has 1 rings (SSSR count). The van der Waals surface area contributed by atoms with Crippen molar-refractivity contribution in [1.29, 1.82) is 0 Å². The van der Waals surface area contributed by atoms with Crippen molar-refractivity contribution in [3.8, 4) is 0 Å². The smallest absolute Gasteiger partial charge is 0.406 e. The number of rotatable bonds is 1. The lowest BCUT2D eigenvalue weighted by Crippen LogP contribution is -2.13. The summed E-state index contributed by atoms with van der Waals surface area (Å²) in [7, 11) is 0. The number of hydrogen-bond acceptors (Lipinski definition) is 2. The van der Waals surface area contributed by atoms with Gasteiger partial charge in [0.05, 0.1) is 6.20 Å². The first-order valence-electron chi connectivity index (χ1n) is 2.35. The van der Waals surface area contributed by atoms with E-state index in [1.807, 2.05) is 0 Å². The van der Waals surface area contributed by atoms with E-state index in [0.717, 1.165) is 6.20 Å². The van der Waals surface area contributed by atoms with Crippen LogP contribution < -0.4 is 5.48 Å². The van der Waals surface area contributed by atoms with Crippen molar-refractivity contribution in [1.82, 2.24) is 5.48 Å². The zero-order valence-electron chi connectivity index (χ0n) is 4.68. The third-order valence-corrected chi connectivity index (χ3v) is 0.725. The second-order valence-electron chi connectivity index (χ2n) is 1.52. The van der Waals surface area contributed by atoms with Crippen LogP contribution in [0.3, 0.4) is 0 Å². The van der Waals surface area contributed by atoms with Gasteiger partial charge in [-0.05, 0) is 0 Å². The molecule has 0 aromatic carbocycles. The SMILES string of the molecule is FC(F)(F)OC1=C[N]OC1. The molecule has 0 aliphatic carbocycles. The maximum atomic E-state index is 11.3. The van der Waals surface area contributed by atoms with E-state index in [1.54, 1.807) is 0 Å². The first-order chi connectivity index (χ1) is 4.58. The van der Waals surface area contributed by atoms with Crippen LogP contribution in [0.1, 0.15) is 0 Å². The average molecular weight is 154 g/mol. The van der Waals surface area contributed by atoms with Gasteiger partial charge in [0, 0.05) is 0 Å². The van der Waals surface area contributed by atoms with Crippen LogP contribution in [0.15, 0.2) is 12.0 Å². The van der Waals surface area contributed by atoms with Crippen LogP contribution in [0.2, 0.25) is 0 Å². The molecule has 1 aliphatic heterocycles. The minimum Gasteiger partial charge on any atom is -0.406 e. The van der Waals surface area contributed by atoms with Crippen molar-refractivity contribution in [2.45, 2.75) is 6.36 Å². The van der Waals surface area contributed by atoms with Gasteiger partial charge in [0.1, 0.15) is 6.61 Å². The van der Waals surface area contributed by atoms with Crippen LogP contribution in [0, 0.1) is 0 Å². The van der Waals surface area contributed by atoms with Gasteiger partial charge in [0.25, 0.3) is 0 Å². The normalized spacial score (nSPS) is 18.1. The molecule has 0 aromatic heterocycles. The van der Waals surface area contributed by atoms with Crippen LogP contribution in [0.5, 0.6) is 0 Å². The first-order valence-corrected chi connectivity index (χ1v) is 2.35. The van der Waals surface area contributed by atoms with Crippen molar-refractivity contribution in [2.75, 3.05) is 6.61 Å². The zero-order valence-corrected chi connectivity index (χ0v) is 4.68. The second-order valence-corrected chi connectivity index (χ2v) is 1.52. The van der Waals surface area contributed by atoms with Crippen molar-refractivity contribution in [3.63, 3.8) is 0 Å². The molecule has 3 nitrogen and oxygen atoms in total. The molecule has 10 heavy (non-hydrogen) atoms. The summed E-state index contributed by atoms with van der Waals surface area (Å²) in [6, 6.07) is 0. The summed E-state index contributed by atoms with van der Waals surface area (Å²) in [4.78, 5) is 4.21. The molecule has 0 aromatic rings. The Hall–Kier alpha value is -0.910. The molecule has 0 amide bonds. The van der Waals surface area contributed by atoms with E-state index >= 15 is 0 Å². The number of nitrogens with zero attached hydrogens (tertiary/aromatic N) is 1. The molecule has 0 N–H and O–H groups in total. The number of alkyl halides is 3. The van der Waals surface area contributed by atoms with Gasteiger partial charge in [-0.1, -0.05) is 0 Å². The minimum atomic E-state index is -4.64. The summed E-state index contributed by atoms with van der Waals surface area (Å²) >= 11 is 0. The Morgan fingerprint density at radius 1 is 1.60 bits per heavy atom. The van der Waals surface area contributed by atoms with Crippen LogP contribution in [-0.2, 0) is 9.57 Å². The molecule has 0 fully saturated rings. The van der Waals surface area contributed by atoms with E-state index in [1.165, 1.54) is 0 Å². The molecular formula is C4H3F3NO2. The fourth-order valence-electron chi connectivity index (χ4n) is 0.439. The molecule has 0 bridgehead atoms.